The first-order valence-corrected chi connectivity index (χ1v) is 13.1. The fraction of sp³-hybridized carbons (Fsp3) is 0.286. The highest BCUT2D eigenvalue weighted by Gasteiger charge is 2.32. The Labute approximate surface area is 200 Å². The molecule has 2 aromatic carbocycles. The molecule has 0 saturated carbocycles. The lowest BCUT2D eigenvalue weighted by atomic mass is 9.97. The fourth-order valence-electron chi connectivity index (χ4n) is 3.50. The molecule has 1 amide bonds. The minimum Gasteiger partial charge on any atom is -0.300 e. The molecule has 3 aromatic rings. The van der Waals surface area contributed by atoms with Crippen LogP contribution in [-0.2, 0) is 20.6 Å². The standard InChI is InChI=1S/C21H20Cl2N4O3S2/c22-17-7-6-16(18(23)12-17)13-32(29,30)27-10-8-14(9-11-27)19(28)24-21-26-25-20(31-21)15-4-2-1-3-5-15/h1-7,12,14H,8-11,13H2,(H,24,26,28). The van der Waals surface area contributed by atoms with Gasteiger partial charge in [-0.2, -0.15) is 0 Å². The summed E-state index contributed by atoms with van der Waals surface area (Å²) >= 11 is 13.3. The lowest BCUT2D eigenvalue weighted by molar-refractivity contribution is -0.120. The number of hydrogen-bond donors (Lipinski definition) is 1. The number of nitrogens with one attached hydrogen (secondary N) is 1. The van der Waals surface area contributed by atoms with Crippen LogP contribution >= 0.6 is 34.5 Å². The number of nitrogens with zero attached hydrogens (tertiary/aromatic N) is 3. The molecule has 1 saturated heterocycles. The summed E-state index contributed by atoms with van der Waals surface area (Å²) in [5.74, 6) is -0.657. The number of anilines is 1. The lowest BCUT2D eigenvalue weighted by Crippen LogP contribution is -2.41. The van der Waals surface area contributed by atoms with Gasteiger partial charge in [-0.05, 0) is 30.5 Å². The molecule has 0 spiro atoms. The van der Waals surface area contributed by atoms with Crippen molar-refractivity contribution in [1.82, 2.24) is 14.5 Å². The molecule has 0 aliphatic carbocycles. The summed E-state index contributed by atoms with van der Waals surface area (Å²) in [5.41, 5.74) is 1.44. The van der Waals surface area contributed by atoms with Crippen LogP contribution in [0.25, 0.3) is 10.6 Å². The highest BCUT2D eigenvalue weighted by Crippen LogP contribution is 2.29. The molecule has 2 heterocycles. The van der Waals surface area contributed by atoms with E-state index in [-0.39, 0.29) is 30.7 Å². The third-order valence-electron chi connectivity index (χ3n) is 5.25. The van der Waals surface area contributed by atoms with E-state index in [1.807, 2.05) is 30.3 Å². The van der Waals surface area contributed by atoms with Crippen molar-refractivity contribution in [2.24, 2.45) is 5.92 Å². The zero-order chi connectivity index (χ0) is 22.7. The summed E-state index contributed by atoms with van der Waals surface area (Å²) in [4.78, 5) is 12.7. The molecular weight excluding hydrogens is 491 g/mol. The number of carbonyl (C=O) groups is 1. The maximum atomic E-state index is 12.8. The van der Waals surface area contributed by atoms with Crippen LogP contribution in [0.5, 0.6) is 0 Å². The molecule has 0 unspecified atom stereocenters. The summed E-state index contributed by atoms with van der Waals surface area (Å²) < 4.78 is 27.0. The number of rotatable bonds is 6. The first kappa shape index (κ1) is 23.1. The Morgan fingerprint density at radius 1 is 1.09 bits per heavy atom. The maximum absolute atomic E-state index is 12.8. The number of sulfonamides is 1. The second kappa shape index (κ2) is 9.84. The van der Waals surface area contributed by atoms with Gasteiger partial charge in [-0.25, -0.2) is 12.7 Å². The van der Waals surface area contributed by atoms with E-state index in [1.165, 1.54) is 21.7 Å². The van der Waals surface area contributed by atoms with E-state index in [0.29, 0.717) is 33.6 Å². The van der Waals surface area contributed by atoms with E-state index >= 15 is 0 Å². The zero-order valence-electron chi connectivity index (χ0n) is 16.9. The Bertz CT molecular complexity index is 1210. The third-order valence-corrected chi connectivity index (χ3v) is 8.55. The molecular formula is C21H20Cl2N4O3S2. The van der Waals surface area contributed by atoms with Crippen LogP contribution in [0.3, 0.4) is 0 Å². The predicted molar refractivity (Wildman–Crippen MR) is 127 cm³/mol. The lowest BCUT2D eigenvalue weighted by Gasteiger charge is -2.30. The van der Waals surface area contributed by atoms with Crippen molar-refractivity contribution >= 4 is 55.6 Å². The molecule has 1 fully saturated rings. The number of halogens is 2. The normalized spacial score (nSPS) is 15.6. The summed E-state index contributed by atoms with van der Waals surface area (Å²) in [6, 6.07) is 14.4. The first-order valence-electron chi connectivity index (χ1n) is 9.93. The van der Waals surface area contributed by atoms with Crippen molar-refractivity contribution in [2.45, 2.75) is 18.6 Å². The monoisotopic (exact) mass is 510 g/mol. The van der Waals surface area contributed by atoms with Gasteiger partial charge in [-0.3, -0.25) is 4.79 Å². The van der Waals surface area contributed by atoms with E-state index in [9.17, 15) is 13.2 Å². The topological polar surface area (TPSA) is 92.3 Å². The summed E-state index contributed by atoms with van der Waals surface area (Å²) in [5, 5.41) is 12.9. The van der Waals surface area contributed by atoms with Crippen molar-refractivity contribution < 1.29 is 13.2 Å². The first-order chi connectivity index (χ1) is 15.3. The molecule has 1 aromatic heterocycles. The second-order valence-corrected chi connectivity index (χ2v) is 11.2. The Kier molecular flexibility index (Phi) is 7.11. The number of carbonyl (C=O) groups excluding carboxylic acids is 1. The SMILES string of the molecule is O=C(Nc1nnc(-c2ccccc2)s1)C1CCN(S(=O)(=O)Cc2ccc(Cl)cc2Cl)CC1. The van der Waals surface area contributed by atoms with Gasteiger partial charge in [0, 0.05) is 34.6 Å². The molecule has 0 radical (unpaired) electrons. The van der Waals surface area contributed by atoms with Gasteiger partial charge in [0.2, 0.25) is 21.1 Å². The number of piperidine rings is 1. The molecule has 1 aliphatic rings. The average Bonchev–Trinajstić information content (AvgIpc) is 3.25. The van der Waals surface area contributed by atoms with Gasteiger partial charge >= 0.3 is 0 Å². The van der Waals surface area contributed by atoms with Gasteiger partial charge in [0.25, 0.3) is 0 Å². The molecule has 0 bridgehead atoms. The molecule has 11 heteroatoms. The third kappa shape index (κ3) is 5.47. The molecule has 168 valence electrons. The second-order valence-electron chi connectivity index (χ2n) is 7.43. The molecule has 1 aliphatic heterocycles. The van der Waals surface area contributed by atoms with Gasteiger partial charge in [-0.15, -0.1) is 10.2 Å². The molecule has 7 nitrogen and oxygen atoms in total. The van der Waals surface area contributed by atoms with Crippen LogP contribution in [-0.4, -0.2) is 41.9 Å². The van der Waals surface area contributed by atoms with E-state index in [4.69, 9.17) is 23.2 Å². The predicted octanol–water partition coefficient (Wildman–Crippen LogP) is 4.69. The molecule has 0 atom stereocenters. The fourth-order valence-corrected chi connectivity index (χ4v) is 6.40. The number of benzene rings is 2. The van der Waals surface area contributed by atoms with Gasteiger partial charge in [0.1, 0.15) is 5.01 Å². The quantitative estimate of drug-likeness (QED) is 0.518. The molecule has 4 rings (SSSR count). The Morgan fingerprint density at radius 3 is 2.50 bits per heavy atom. The minimum absolute atomic E-state index is 0.168. The highest BCUT2D eigenvalue weighted by molar-refractivity contribution is 7.88. The van der Waals surface area contributed by atoms with Crippen LogP contribution < -0.4 is 5.32 Å². The van der Waals surface area contributed by atoms with Crippen molar-refractivity contribution in [1.29, 1.82) is 0 Å². The van der Waals surface area contributed by atoms with Gasteiger partial charge in [0.05, 0.1) is 5.75 Å². The van der Waals surface area contributed by atoms with Gasteiger partial charge < -0.3 is 5.32 Å². The zero-order valence-corrected chi connectivity index (χ0v) is 20.0. The average molecular weight is 511 g/mol. The number of amides is 1. The maximum Gasteiger partial charge on any atom is 0.229 e. The van der Waals surface area contributed by atoms with Crippen LogP contribution in [0.4, 0.5) is 5.13 Å². The van der Waals surface area contributed by atoms with Crippen molar-refractivity contribution in [3.8, 4) is 10.6 Å². The Morgan fingerprint density at radius 2 is 1.81 bits per heavy atom. The van der Waals surface area contributed by atoms with Crippen LogP contribution in [0, 0.1) is 5.92 Å². The Hall–Kier alpha value is -2.04. The van der Waals surface area contributed by atoms with Crippen molar-refractivity contribution in [3.63, 3.8) is 0 Å². The highest BCUT2D eigenvalue weighted by atomic mass is 35.5. The number of aromatic nitrogens is 2. The van der Waals surface area contributed by atoms with Gasteiger partial charge in [0.15, 0.2) is 0 Å². The summed E-state index contributed by atoms with van der Waals surface area (Å²) in [7, 11) is -3.55. The van der Waals surface area contributed by atoms with Crippen LogP contribution in [0.1, 0.15) is 18.4 Å². The van der Waals surface area contributed by atoms with E-state index in [2.05, 4.69) is 15.5 Å². The molecule has 1 N–H and O–H groups in total. The van der Waals surface area contributed by atoms with E-state index < -0.39 is 10.0 Å². The van der Waals surface area contributed by atoms with Crippen LogP contribution in [0.15, 0.2) is 48.5 Å². The summed E-state index contributed by atoms with van der Waals surface area (Å²) in [6.07, 6.45) is 0.869. The Balaban J connectivity index is 1.33. The smallest absolute Gasteiger partial charge is 0.229 e. The van der Waals surface area contributed by atoms with Gasteiger partial charge in [-0.1, -0.05) is 70.9 Å². The number of hydrogen-bond acceptors (Lipinski definition) is 6. The molecule has 32 heavy (non-hydrogen) atoms. The van der Waals surface area contributed by atoms with Crippen molar-refractivity contribution in [3.05, 3.63) is 64.1 Å². The van der Waals surface area contributed by atoms with E-state index in [0.717, 1.165) is 10.6 Å². The van der Waals surface area contributed by atoms with Crippen LogP contribution in [0.2, 0.25) is 10.0 Å². The minimum atomic E-state index is -3.55. The largest absolute Gasteiger partial charge is 0.300 e. The van der Waals surface area contributed by atoms with E-state index in [1.54, 1.807) is 12.1 Å². The summed E-state index contributed by atoms with van der Waals surface area (Å²) in [6.45, 7) is 0.550. The van der Waals surface area contributed by atoms with Crippen molar-refractivity contribution in [2.75, 3.05) is 18.4 Å².